The van der Waals surface area contributed by atoms with Crippen molar-refractivity contribution in [2.45, 2.75) is 84.0 Å². The van der Waals surface area contributed by atoms with Crippen LogP contribution in [0.25, 0.3) is 11.2 Å². The number of carbonyl (C=O) groups excluding carboxylic acids is 3. The third-order valence-electron chi connectivity index (χ3n) is 8.11. The molecule has 2 aromatic rings. The summed E-state index contributed by atoms with van der Waals surface area (Å²) in [5, 5.41) is 26.3. The maximum absolute atomic E-state index is 12.5. The number of thioether (sulfide) groups is 1. The Hall–Kier alpha value is -2.44. The minimum atomic E-state index is -5.91. The largest absolute Gasteiger partial charge is 0.790 e. The first-order valence-electron chi connectivity index (χ1n) is 17.0. The minimum Gasteiger partial charge on any atom is -0.790 e. The van der Waals surface area contributed by atoms with Crippen molar-refractivity contribution in [3.63, 3.8) is 0 Å². The van der Waals surface area contributed by atoms with Crippen LogP contribution in [0.1, 0.15) is 59.6 Å². The molecule has 0 bridgehead atoms. The van der Waals surface area contributed by atoms with Crippen LogP contribution in [-0.2, 0) is 50.7 Å². The van der Waals surface area contributed by atoms with Gasteiger partial charge in [0.25, 0.3) is 15.6 Å². The lowest BCUT2D eigenvalue weighted by Crippen LogP contribution is -2.46. The summed E-state index contributed by atoms with van der Waals surface area (Å²) in [6.45, 7) is 4.03. The van der Waals surface area contributed by atoms with Gasteiger partial charge < -0.3 is 69.0 Å². The Morgan fingerprint density at radius 3 is 2.43 bits per heavy atom. The van der Waals surface area contributed by atoms with Crippen LogP contribution in [-0.4, -0.2) is 103 Å². The molecular weight excluding hydrogens is 831 g/mol. The molecule has 1 aliphatic heterocycles. The first kappa shape index (κ1) is 47.9. The minimum absolute atomic E-state index is 0.0200. The van der Waals surface area contributed by atoms with Crippen LogP contribution in [0.4, 0.5) is 5.82 Å². The number of phosphoric acid groups is 3. The number of hydrogen-bond donors (Lipinski definition) is 5. The van der Waals surface area contributed by atoms with Gasteiger partial charge in [0, 0.05) is 36.6 Å². The van der Waals surface area contributed by atoms with Crippen molar-refractivity contribution in [1.29, 1.82) is 0 Å². The Morgan fingerprint density at radius 2 is 1.77 bits per heavy atom. The Balaban J connectivity index is 1.48. The number of nitrogens with two attached hydrogens (primary N) is 1. The first-order chi connectivity index (χ1) is 26.0. The summed E-state index contributed by atoms with van der Waals surface area (Å²) >= 11 is 1.12. The molecule has 318 valence electrons. The van der Waals surface area contributed by atoms with E-state index < -0.39 is 84.6 Å². The van der Waals surface area contributed by atoms with E-state index in [1.165, 1.54) is 13.8 Å². The van der Waals surface area contributed by atoms with Gasteiger partial charge in [-0.05, 0) is 6.42 Å². The van der Waals surface area contributed by atoms with Crippen LogP contribution >= 0.6 is 35.2 Å². The average molecular weight is 876 g/mol. The zero-order chi connectivity index (χ0) is 42.1. The lowest BCUT2D eigenvalue weighted by molar-refractivity contribution is -0.347. The van der Waals surface area contributed by atoms with Crippen LogP contribution < -0.4 is 35.9 Å². The molecule has 2 amide bonds. The third kappa shape index (κ3) is 14.4. The van der Waals surface area contributed by atoms with E-state index in [-0.39, 0.29) is 47.5 Å². The molecule has 1 aliphatic rings. The summed E-state index contributed by atoms with van der Waals surface area (Å²) in [5.41, 5.74) is 4.08. The maximum Gasteiger partial charge on any atom is 0.274 e. The smallest absolute Gasteiger partial charge is 0.274 e. The zero-order valence-electron chi connectivity index (χ0n) is 30.6. The molecule has 28 heteroatoms. The number of imidazole rings is 1. The molecule has 3 heterocycles. The number of aliphatic hydroxyl groups excluding tert-OH is 2. The predicted molar refractivity (Wildman–Crippen MR) is 187 cm³/mol. The molecule has 0 spiro atoms. The van der Waals surface area contributed by atoms with Crippen molar-refractivity contribution in [2.75, 3.05) is 37.8 Å². The molecule has 56 heavy (non-hydrogen) atoms. The topological polar surface area (TPSA) is 375 Å². The number of nitrogens with one attached hydrogen (secondary N) is 2. The molecule has 0 radical (unpaired) electrons. The number of anilines is 1. The van der Waals surface area contributed by atoms with Gasteiger partial charge in [0.05, 0.1) is 27.4 Å². The lowest BCUT2D eigenvalue weighted by Gasteiger charge is -2.36. The van der Waals surface area contributed by atoms with Gasteiger partial charge in [0.15, 0.2) is 22.8 Å². The third-order valence-corrected chi connectivity index (χ3v) is 12.2. The summed E-state index contributed by atoms with van der Waals surface area (Å²) in [6, 6.07) is 0. The number of phosphoric ester groups is 3. The van der Waals surface area contributed by atoms with E-state index in [2.05, 4.69) is 43.5 Å². The van der Waals surface area contributed by atoms with E-state index in [1.807, 2.05) is 13.8 Å². The van der Waals surface area contributed by atoms with Gasteiger partial charge in [-0.25, -0.2) is 19.3 Å². The van der Waals surface area contributed by atoms with Crippen LogP contribution in [0.5, 0.6) is 0 Å². The molecule has 1 fully saturated rings. The van der Waals surface area contributed by atoms with Crippen molar-refractivity contribution >= 4 is 69.1 Å². The zero-order valence-corrected chi connectivity index (χ0v) is 34.1. The van der Waals surface area contributed by atoms with Gasteiger partial charge in [-0.1, -0.05) is 52.3 Å². The summed E-state index contributed by atoms with van der Waals surface area (Å²) in [4.78, 5) is 96.2. The maximum atomic E-state index is 12.5. The van der Waals surface area contributed by atoms with Crippen molar-refractivity contribution in [3.8, 4) is 0 Å². The number of rotatable bonds is 23. The van der Waals surface area contributed by atoms with Crippen molar-refractivity contribution in [1.82, 2.24) is 30.2 Å². The Bertz CT molecular complexity index is 1820. The van der Waals surface area contributed by atoms with E-state index in [4.69, 9.17) is 10.5 Å². The van der Waals surface area contributed by atoms with Gasteiger partial charge in [0.1, 0.15) is 36.3 Å². The molecule has 0 aliphatic carbocycles. The normalized spacial score (nSPS) is 22.2. The quantitative estimate of drug-likeness (QED) is 0.0593. The molecular formula is C28H44N7O17P3S-4. The molecule has 6 N–H and O–H groups in total. The standard InChI is InChI=1S/C28H48N7O17P3S/c1-5-6-7-16(2)27(40)56-11-10-30-18(36)8-9-31-25(39)22(38)28(3,4)13-49-55(46,47)52-54(44,45)48-12-17-21(51-53(41,42)43)20(37)26(50-17)35-15-34-19-23(29)32-14-33-24(19)35/h14-17,20-22,26,37-38H,5-13H2,1-4H3,(H,30,36)(H,31,39)(H,44,45)(H,46,47)(H2,29,32,33)(H2,41,42,43)/p-4/t16?,17-,20-,21-,22+,26-/m1/s1. The van der Waals surface area contributed by atoms with E-state index >= 15 is 0 Å². The number of aromatic nitrogens is 4. The fourth-order valence-electron chi connectivity index (χ4n) is 5.03. The van der Waals surface area contributed by atoms with Crippen molar-refractivity contribution in [3.05, 3.63) is 12.7 Å². The SMILES string of the molecule is CCCCC(C)C(=O)SCCNC(=O)CCNC(=O)[C@H](O)C(C)(C)COP(=O)([O-])OP(=O)([O-])OC[C@H]1O[C@@H](n2cnc3c(N)ncnc32)[C@H](O)[C@@H]1OP(=O)([O-])[O-]. The van der Waals surface area contributed by atoms with E-state index in [0.717, 1.165) is 48.2 Å². The Labute approximate surface area is 325 Å². The summed E-state index contributed by atoms with van der Waals surface area (Å²) in [7, 11) is -17.6. The number of amides is 2. The van der Waals surface area contributed by atoms with E-state index in [0.29, 0.717) is 5.75 Å². The number of nitrogens with zero attached hydrogens (tertiary/aromatic N) is 4. The molecule has 24 nitrogen and oxygen atoms in total. The van der Waals surface area contributed by atoms with Crippen LogP contribution in [0.2, 0.25) is 0 Å². The van der Waals surface area contributed by atoms with E-state index in [9.17, 15) is 57.9 Å². The van der Waals surface area contributed by atoms with E-state index in [1.54, 1.807) is 0 Å². The summed E-state index contributed by atoms with van der Waals surface area (Å²) < 4.78 is 60.5. The van der Waals surface area contributed by atoms with Gasteiger partial charge >= 0.3 is 0 Å². The summed E-state index contributed by atoms with van der Waals surface area (Å²) in [6.07, 6.45) is -4.84. The second-order valence-electron chi connectivity index (χ2n) is 13.2. The highest BCUT2D eigenvalue weighted by atomic mass is 32.2. The first-order valence-corrected chi connectivity index (χ1v) is 22.3. The Kier molecular flexibility index (Phi) is 17.5. The molecule has 0 saturated carbocycles. The highest BCUT2D eigenvalue weighted by molar-refractivity contribution is 8.13. The highest BCUT2D eigenvalue weighted by Gasteiger charge is 2.47. The molecule has 1 saturated heterocycles. The Morgan fingerprint density at radius 1 is 1.09 bits per heavy atom. The van der Waals surface area contributed by atoms with Gasteiger partial charge in [-0.3, -0.25) is 28.1 Å². The van der Waals surface area contributed by atoms with Crippen LogP contribution in [0, 0.1) is 11.3 Å². The average Bonchev–Trinajstić information content (AvgIpc) is 3.66. The number of hydrogen-bond acceptors (Lipinski definition) is 22. The van der Waals surface area contributed by atoms with Gasteiger partial charge in [-0.15, -0.1) is 0 Å². The molecule has 8 atom stereocenters. The predicted octanol–water partition coefficient (Wildman–Crippen LogP) is -2.04. The second kappa shape index (κ2) is 20.5. The van der Waals surface area contributed by atoms with Gasteiger partial charge in [-0.2, -0.15) is 0 Å². The molecule has 3 rings (SSSR count). The number of unbranched alkanes of at least 4 members (excludes halogenated alkanes) is 1. The van der Waals surface area contributed by atoms with Crippen molar-refractivity contribution in [2.24, 2.45) is 11.3 Å². The second-order valence-corrected chi connectivity index (χ2v) is 18.4. The summed E-state index contributed by atoms with van der Waals surface area (Å²) in [5.74, 6) is -1.25. The molecule has 2 aromatic heterocycles. The lowest BCUT2D eigenvalue weighted by atomic mass is 9.87. The monoisotopic (exact) mass is 875 g/mol. The number of ether oxygens (including phenoxy) is 1. The highest BCUT2D eigenvalue weighted by Crippen LogP contribution is 2.56. The fourth-order valence-corrected chi connectivity index (χ4v) is 8.57. The van der Waals surface area contributed by atoms with Crippen LogP contribution in [0.15, 0.2) is 12.7 Å². The fraction of sp³-hybridized carbons (Fsp3) is 0.714. The molecule has 0 aromatic carbocycles. The van der Waals surface area contributed by atoms with Crippen molar-refractivity contribution < 1.29 is 80.5 Å². The molecule has 3 unspecified atom stereocenters. The number of carbonyl (C=O) groups is 3. The number of nitrogen functional groups attached to an aromatic ring is 1. The number of fused-ring (bicyclic) bond motifs is 1. The number of aliphatic hydroxyl groups is 2. The van der Waals surface area contributed by atoms with Gasteiger partial charge in [0.2, 0.25) is 11.8 Å². The van der Waals surface area contributed by atoms with Crippen LogP contribution in [0.3, 0.4) is 0 Å².